The number of amides is 1. The number of pyridine rings is 1. The lowest BCUT2D eigenvalue weighted by atomic mass is 9.92. The number of nitrogens with one attached hydrogen (secondary N) is 1. The van der Waals surface area contributed by atoms with Crippen LogP contribution >= 0.6 is 11.6 Å². The van der Waals surface area contributed by atoms with E-state index in [1.165, 1.54) is 0 Å². The largest absolute Gasteiger partial charge is 0.444 e. The van der Waals surface area contributed by atoms with Gasteiger partial charge in [-0.15, -0.1) is 0 Å². The number of hydrogen-bond donors (Lipinski definition) is 1. The summed E-state index contributed by atoms with van der Waals surface area (Å²) < 4.78 is 5.40. The number of aromatic nitrogens is 1. The molecule has 1 N–H and O–H groups in total. The van der Waals surface area contributed by atoms with Crippen LogP contribution in [0.15, 0.2) is 18.3 Å². The van der Waals surface area contributed by atoms with E-state index in [1.54, 1.807) is 6.20 Å². The van der Waals surface area contributed by atoms with E-state index in [0.717, 1.165) is 31.6 Å². The fourth-order valence-electron chi connectivity index (χ4n) is 3.70. The molecule has 1 amide bonds. The van der Waals surface area contributed by atoms with Crippen LogP contribution in [0.4, 0.5) is 10.5 Å². The van der Waals surface area contributed by atoms with E-state index < -0.39 is 5.60 Å². The molecule has 1 aliphatic heterocycles. The quantitative estimate of drug-likeness (QED) is 0.839. The van der Waals surface area contributed by atoms with Gasteiger partial charge in [-0.25, -0.2) is 9.78 Å². The van der Waals surface area contributed by atoms with E-state index in [4.69, 9.17) is 16.3 Å². The average molecular weight is 338 g/mol. The second kappa shape index (κ2) is 6.19. The first-order valence-electron chi connectivity index (χ1n) is 8.18. The molecule has 0 spiro atoms. The summed E-state index contributed by atoms with van der Waals surface area (Å²) in [6.07, 6.45) is 3.71. The fourth-order valence-corrected chi connectivity index (χ4v) is 3.87. The number of nitrogens with zero attached hydrogens (tertiary/aromatic N) is 2. The minimum absolute atomic E-state index is 0.207. The van der Waals surface area contributed by atoms with Crippen LogP contribution in [0, 0.1) is 11.8 Å². The van der Waals surface area contributed by atoms with E-state index in [1.807, 2.05) is 32.9 Å². The Morgan fingerprint density at radius 3 is 2.57 bits per heavy atom. The van der Waals surface area contributed by atoms with Crippen molar-refractivity contribution < 1.29 is 9.53 Å². The topological polar surface area (TPSA) is 54.5 Å². The number of alkyl carbamates (subject to hydrolysis) is 1. The second-order valence-electron chi connectivity index (χ2n) is 7.51. The summed E-state index contributed by atoms with van der Waals surface area (Å²) in [6, 6.07) is 4.11. The van der Waals surface area contributed by atoms with Crippen LogP contribution in [0.5, 0.6) is 0 Å². The lowest BCUT2D eigenvalue weighted by molar-refractivity contribution is 0.0472. The lowest BCUT2D eigenvalue weighted by Gasteiger charge is -2.39. The molecule has 3 rings (SSSR count). The average Bonchev–Trinajstić information content (AvgIpc) is 2.68. The van der Waals surface area contributed by atoms with Crippen molar-refractivity contribution in [2.75, 3.05) is 18.0 Å². The SMILES string of the molecule is CC(C)(C)OC(=O)NC1C2CC[C@H]1CN(c1ccnc(Cl)c1)C2. The number of hydrogen-bond acceptors (Lipinski definition) is 4. The highest BCUT2D eigenvalue weighted by atomic mass is 35.5. The third kappa shape index (κ3) is 3.89. The van der Waals surface area contributed by atoms with Crippen molar-refractivity contribution in [3.8, 4) is 0 Å². The van der Waals surface area contributed by atoms with Crippen molar-refractivity contribution in [3.63, 3.8) is 0 Å². The highest BCUT2D eigenvalue weighted by Crippen LogP contribution is 2.39. The Bertz CT molecular complexity index is 573. The van der Waals surface area contributed by atoms with Crippen molar-refractivity contribution in [2.24, 2.45) is 11.8 Å². The maximum atomic E-state index is 12.1. The summed E-state index contributed by atoms with van der Waals surface area (Å²) in [7, 11) is 0. The molecular formula is C17H24ClN3O2. The van der Waals surface area contributed by atoms with Crippen LogP contribution in [0.3, 0.4) is 0 Å². The van der Waals surface area contributed by atoms with Gasteiger partial charge in [0, 0.05) is 31.0 Å². The minimum atomic E-state index is -0.461. The van der Waals surface area contributed by atoms with Gasteiger partial charge in [0.2, 0.25) is 0 Å². The molecule has 0 aromatic carbocycles. The highest BCUT2D eigenvalue weighted by molar-refractivity contribution is 6.29. The molecule has 2 heterocycles. The summed E-state index contributed by atoms with van der Waals surface area (Å²) in [6.45, 7) is 7.51. The second-order valence-corrected chi connectivity index (χ2v) is 7.90. The summed E-state index contributed by atoms with van der Waals surface area (Å²) in [4.78, 5) is 18.5. The first kappa shape index (κ1) is 16.4. The molecule has 2 aliphatic rings. The number of piperidine rings is 1. The number of carbonyl (C=O) groups is 1. The van der Waals surface area contributed by atoms with Gasteiger partial charge in [-0.2, -0.15) is 0 Å². The first-order valence-corrected chi connectivity index (χ1v) is 8.55. The van der Waals surface area contributed by atoms with E-state index >= 15 is 0 Å². The lowest BCUT2D eigenvalue weighted by Crippen LogP contribution is -2.53. The predicted octanol–water partition coefficient (Wildman–Crippen LogP) is 3.47. The Morgan fingerprint density at radius 1 is 1.35 bits per heavy atom. The Kier molecular flexibility index (Phi) is 4.41. The summed E-state index contributed by atoms with van der Waals surface area (Å²) >= 11 is 6.00. The molecule has 23 heavy (non-hydrogen) atoms. The third-order valence-corrected chi connectivity index (χ3v) is 4.80. The van der Waals surface area contributed by atoms with Gasteiger partial charge in [0.25, 0.3) is 0 Å². The van der Waals surface area contributed by atoms with Gasteiger partial charge >= 0.3 is 6.09 Å². The summed E-state index contributed by atoms with van der Waals surface area (Å²) in [5.74, 6) is 0.904. The highest BCUT2D eigenvalue weighted by Gasteiger charge is 2.43. The molecule has 2 fully saturated rings. The van der Waals surface area contributed by atoms with Gasteiger partial charge in [0.1, 0.15) is 10.8 Å². The molecule has 1 saturated carbocycles. The molecule has 3 atom stereocenters. The monoisotopic (exact) mass is 337 g/mol. The number of anilines is 1. The van der Waals surface area contributed by atoms with E-state index in [2.05, 4.69) is 15.2 Å². The van der Waals surface area contributed by atoms with E-state index in [-0.39, 0.29) is 12.1 Å². The molecule has 1 aromatic heterocycles. The molecule has 126 valence electrons. The zero-order valence-corrected chi connectivity index (χ0v) is 14.6. The van der Waals surface area contributed by atoms with Crippen molar-refractivity contribution in [1.82, 2.24) is 10.3 Å². The van der Waals surface area contributed by atoms with Crippen LogP contribution in [0.25, 0.3) is 0 Å². The molecule has 0 radical (unpaired) electrons. The standard InChI is InChI=1S/C17H24ClN3O2/c1-17(2,3)23-16(22)20-15-11-4-5-12(15)10-21(9-11)13-6-7-19-14(18)8-13/h6-8,11-12,15H,4-5,9-10H2,1-3H3,(H,20,22)/t11-,12?,15?/m0/s1. The van der Waals surface area contributed by atoms with Gasteiger partial charge < -0.3 is 15.0 Å². The van der Waals surface area contributed by atoms with Crippen LogP contribution in [-0.4, -0.2) is 35.8 Å². The van der Waals surface area contributed by atoms with Gasteiger partial charge in [0.15, 0.2) is 0 Å². The van der Waals surface area contributed by atoms with Crippen LogP contribution in [0.1, 0.15) is 33.6 Å². The Balaban J connectivity index is 1.64. The van der Waals surface area contributed by atoms with Crippen LogP contribution in [0.2, 0.25) is 5.15 Å². The van der Waals surface area contributed by atoms with Gasteiger partial charge in [-0.1, -0.05) is 11.6 Å². The molecular weight excluding hydrogens is 314 g/mol. The molecule has 2 bridgehead atoms. The molecule has 1 saturated heterocycles. The van der Waals surface area contributed by atoms with Gasteiger partial charge in [-0.05, 0) is 57.6 Å². The minimum Gasteiger partial charge on any atom is -0.444 e. The van der Waals surface area contributed by atoms with Crippen LogP contribution < -0.4 is 10.2 Å². The number of ether oxygens (including phenoxy) is 1. The molecule has 2 unspecified atom stereocenters. The fraction of sp³-hybridized carbons (Fsp3) is 0.647. The normalized spacial score (nSPS) is 27.0. The van der Waals surface area contributed by atoms with Crippen molar-refractivity contribution >= 4 is 23.4 Å². The number of rotatable bonds is 2. The predicted molar refractivity (Wildman–Crippen MR) is 90.8 cm³/mol. The van der Waals surface area contributed by atoms with Gasteiger partial charge in [-0.3, -0.25) is 0 Å². The van der Waals surface area contributed by atoms with Gasteiger partial charge in [0.05, 0.1) is 0 Å². The Morgan fingerprint density at radius 2 is 2.00 bits per heavy atom. The van der Waals surface area contributed by atoms with Crippen molar-refractivity contribution in [1.29, 1.82) is 0 Å². The maximum Gasteiger partial charge on any atom is 0.407 e. The molecule has 1 aliphatic carbocycles. The summed E-state index contributed by atoms with van der Waals surface area (Å²) in [5, 5.41) is 3.61. The zero-order valence-electron chi connectivity index (χ0n) is 13.9. The van der Waals surface area contributed by atoms with Crippen molar-refractivity contribution in [2.45, 2.75) is 45.3 Å². The zero-order chi connectivity index (χ0) is 16.6. The smallest absolute Gasteiger partial charge is 0.407 e. The number of carbonyl (C=O) groups excluding carboxylic acids is 1. The molecule has 6 heteroatoms. The maximum absolute atomic E-state index is 12.1. The number of fused-ring (bicyclic) bond motifs is 2. The Labute approximate surface area is 142 Å². The third-order valence-electron chi connectivity index (χ3n) is 4.59. The summed E-state index contributed by atoms with van der Waals surface area (Å²) in [5.41, 5.74) is 0.648. The van der Waals surface area contributed by atoms with Crippen molar-refractivity contribution in [3.05, 3.63) is 23.5 Å². The Hall–Kier alpha value is -1.49. The van der Waals surface area contributed by atoms with Crippen LogP contribution in [-0.2, 0) is 4.74 Å². The number of halogens is 1. The van der Waals surface area contributed by atoms with E-state index in [0.29, 0.717) is 17.0 Å². The molecule has 1 aromatic rings. The van der Waals surface area contributed by atoms with E-state index in [9.17, 15) is 4.79 Å². The first-order chi connectivity index (χ1) is 10.8. The molecule has 5 nitrogen and oxygen atoms in total.